The zero-order valence-corrected chi connectivity index (χ0v) is 12.1. The Kier molecular flexibility index (Phi) is 5.53. The average Bonchev–Trinajstić information content (AvgIpc) is 2.97. The zero-order chi connectivity index (χ0) is 14.4. The van der Waals surface area contributed by atoms with Gasteiger partial charge < -0.3 is 9.80 Å². The van der Waals surface area contributed by atoms with Gasteiger partial charge >= 0.3 is 0 Å². The van der Waals surface area contributed by atoms with Gasteiger partial charge in [-0.1, -0.05) is 12.1 Å². The van der Waals surface area contributed by atoms with Gasteiger partial charge in [-0.15, -0.1) is 0 Å². The van der Waals surface area contributed by atoms with E-state index in [1.807, 2.05) is 11.9 Å². The molecule has 1 aromatic carbocycles. The normalized spacial score (nSPS) is 15.5. The molecule has 0 aliphatic carbocycles. The van der Waals surface area contributed by atoms with Crippen molar-refractivity contribution in [2.75, 3.05) is 33.2 Å². The summed E-state index contributed by atoms with van der Waals surface area (Å²) < 4.78 is 12.8. The second-order valence-corrected chi connectivity index (χ2v) is 5.49. The zero-order valence-electron chi connectivity index (χ0n) is 12.1. The molecule has 0 radical (unpaired) electrons. The molecule has 110 valence electrons. The first kappa shape index (κ1) is 15.0. The molecule has 0 atom stereocenters. The number of hydrogen-bond acceptors (Lipinski definition) is 2. The Labute approximate surface area is 120 Å². The molecule has 1 fully saturated rings. The number of carbonyl (C=O) groups excluding carboxylic acids is 1. The Morgan fingerprint density at radius 3 is 2.55 bits per heavy atom. The van der Waals surface area contributed by atoms with Crippen LogP contribution in [-0.4, -0.2) is 48.9 Å². The average molecular weight is 278 g/mol. The van der Waals surface area contributed by atoms with Crippen LogP contribution >= 0.6 is 0 Å². The summed E-state index contributed by atoms with van der Waals surface area (Å²) in [5.41, 5.74) is 1.01. The standard InChI is InChI=1S/C16H23FN2O/c1-18(12-13-19-10-2-3-11-19)16(20)9-6-14-4-7-15(17)8-5-14/h4-5,7-8H,2-3,6,9-13H2,1H3. The van der Waals surface area contributed by atoms with Gasteiger partial charge in [0, 0.05) is 26.6 Å². The van der Waals surface area contributed by atoms with E-state index in [4.69, 9.17) is 0 Å². The lowest BCUT2D eigenvalue weighted by Crippen LogP contribution is -2.35. The summed E-state index contributed by atoms with van der Waals surface area (Å²) >= 11 is 0. The number of nitrogens with zero attached hydrogens (tertiary/aromatic N) is 2. The fourth-order valence-corrected chi connectivity index (χ4v) is 2.52. The lowest BCUT2D eigenvalue weighted by molar-refractivity contribution is -0.130. The van der Waals surface area contributed by atoms with Gasteiger partial charge in [-0.25, -0.2) is 4.39 Å². The largest absolute Gasteiger partial charge is 0.344 e. The number of benzene rings is 1. The third-order valence-electron chi connectivity index (χ3n) is 3.92. The van der Waals surface area contributed by atoms with E-state index in [-0.39, 0.29) is 11.7 Å². The van der Waals surface area contributed by atoms with Gasteiger partial charge in [0.2, 0.25) is 5.91 Å². The second kappa shape index (κ2) is 7.39. The first-order chi connectivity index (χ1) is 9.65. The van der Waals surface area contributed by atoms with E-state index in [2.05, 4.69) is 4.90 Å². The van der Waals surface area contributed by atoms with Crippen molar-refractivity contribution >= 4 is 5.91 Å². The van der Waals surface area contributed by atoms with Crippen LogP contribution < -0.4 is 0 Å². The minimum atomic E-state index is -0.234. The molecule has 1 aromatic rings. The van der Waals surface area contributed by atoms with Crippen LogP contribution in [0.3, 0.4) is 0 Å². The van der Waals surface area contributed by atoms with Crippen molar-refractivity contribution in [3.63, 3.8) is 0 Å². The molecule has 1 amide bonds. The molecule has 0 spiro atoms. The van der Waals surface area contributed by atoms with Crippen LogP contribution in [0.1, 0.15) is 24.8 Å². The first-order valence-electron chi connectivity index (χ1n) is 7.36. The summed E-state index contributed by atoms with van der Waals surface area (Å²) in [5, 5.41) is 0. The SMILES string of the molecule is CN(CCN1CCCC1)C(=O)CCc1ccc(F)cc1. The summed E-state index contributed by atoms with van der Waals surface area (Å²) in [6.07, 6.45) is 3.72. The molecule has 2 rings (SSSR count). The molecule has 0 bridgehead atoms. The Bertz CT molecular complexity index is 427. The third-order valence-corrected chi connectivity index (χ3v) is 3.92. The van der Waals surface area contributed by atoms with E-state index < -0.39 is 0 Å². The van der Waals surface area contributed by atoms with Crippen molar-refractivity contribution < 1.29 is 9.18 Å². The van der Waals surface area contributed by atoms with Gasteiger partial charge in [-0.05, 0) is 50.0 Å². The monoisotopic (exact) mass is 278 g/mol. The van der Waals surface area contributed by atoms with Gasteiger partial charge in [0.05, 0.1) is 0 Å². The molecule has 1 saturated heterocycles. The van der Waals surface area contributed by atoms with E-state index in [9.17, 15) is 9.18 Å². The molecule has 20 heavy (non-hydrogen) atoms. The maximum Gasteiger partial charge on any atom is 0.222 e. The Hall–Kier alpha value is -1.42. The number of carbonyl (C=O) groups is 1. The van der Waals surface area contributed by atoms with Crippen LogP contribution in [-0.2, 0) is 11.2 Å². The maximum atomic E-state index is 12.8. The Balaban J connectivity index is 1.69. The molecule has 0 unspecified atom stereocenters. The molecular weight excluding hydrogens is 255 g/mol. The highest BCUT2D eigenvalue weighted by atomic mass is 19.1. The van der Waals surface area contributed by atoms with Gasteiger partial charge in [0.25, 0.3) is 0 Å². The minimum Gasteiger partial charge on any atom is -0.344 e. The molecular formula is C16H23FN2O. The predicted molar refractivity (Wildman–Crippen MR) is 78.0 cm³/mol. The molecule has 3 nitrogen and oxygen atoms in total. The number of aryl methyl sites for hydroxylation is 1. The van der Waals surface area contributed by atoms with Crippen molar-refractivity contribution in [3.8, 4) is 0 Å². The van der Waals surface area contributed by atoms with E-state index in [0.717, 1.165) is 31.7 Å². The highest BCUT2D eigenvalue weighted by Crippen LogP contribution is 2.08. The van der Waals surface area contributed by atoms with Crippen LogP contribution in [0.25, 0.3) is 0 Å². The summed E-state index contributed by atoms with van der Waals surface area (Å²) in [7, 11) is 1.86. The minimum absolute atomic E-state index is 0.161. The van der Waals surface area contributed by atoms with E-state index in [0.29, 0.717) is 12.8 Å². The fourth-order valence-electron chi connectivity index (χ4n) is 2.52. The number of likely N-dealkylation sites (tertiary alicyclic amines) is 1. The highest BCUT2D eigenvalue weighted by Gasteiger charge is 2.14. The smallest absolute Gasteiger partial charge is 0.222 e. The molecule has 1 heterocycles. The van der Waals surface area contributed by atoms with E-state index in [1.165, 1.54) is 25.0 Å². The predicted octanol–water partition coefficient (Wildman–Crippen LogP) is 2.31. The molecule has 0 aromatic heterocycles. The van der Waals surface area contributed by atoms with Crippen LogP contribution in [0.4, 0.5) is 4.39 Å². The molecule has 1 aliphatic rings. The van der Waals surface area contributed by atoms with Crippen LogP contribution in [0, 0.1) is 5.82 Å². The highest BCUT2D eigenvalue weighted by molar-refractivity contribution is 5.76. The summed E-state index contributed by atoms with van der Waals surface area (Å²) in [6.45, 7) is 4.09. The number of likely N-dealkylation sites (N-methyl/N-ethyl adjacent to an activating group) is 1. The van der Waals surface area contributed by atoms with E-state index >= 15 is 0 Å². The molecule has 0 saturated carbocycles. The number of hydrogen-bond donors (Lipinski definition) is 0. The van der Waals surface area contributed by atoms with Crippen LogP contribution in [0.2, 0.25) is 0 Å². The summed E-state index contributed by atoms with van der Waals surface area (Å²) in [6, 6.07) is 6.37. The van der Waals surface area contributed by atoms with Crippen molar-refractivity contribution in [2.24, 2.45) is 0 Å². The number of halogens is 1. The third kappa shape index (κ3) is 4.60. The summed E-state index contributed by atoms with van der Waals surface area (Å²) in [5.74, 6) is -0.0728. The van der Waals surface area contributed by atoms with Crippen molar-refractivity contribution in [1.29, 1.82) is 0 Å². The lowest BCUT2D eigenvalue weighted by atomic mass is 10.1. The number of rotatable bonds is 6. The van der Waals surface area contributed by atoms with Crippen LogP contribution in [0.5, 0.6) is 0 Å². The van der Waals surface area contributed by atoms with Crippen molar-refractivity contribution in [2.45, 2.75) is 25.7 Å². The lowest BCUT2D eigenvalue weighted by Gasteiger charge is -2.21. The second-order valence-electron chi connectivity index (χ2n) is 5.49. The quantitative estimate of drug-likeness (QED) is 0.797. The molecule has 4 heteroatoms. The maximum absolute atomic E-state index is 12.8. The first-order valence-corrected chi connectivity index (χ1v) is 7.36. The van der Waals surface area contributed by atoms with Crippen molar-refractivity contribution in [1.82, 2.24) is 9.80 Å². The van der Waals surface area contributed by atoms with Gasteiger partial charge in [0.15, 0.2) is 0 Å². The Morgan fingerprint density at radius 2 is 1.90 bits per heavy atom. The topological polar surface area (TPSA) is 23.6 Å². The Morgan fingerprint density at radius 1 is 1.25 bits per heavy atom. The van der Waals surface area contributed by atoms with Gasteiger partial charge in [-0.3, -0.25) is 4.79 Å². The van der Waals surface area contributed by atoms with Crippen molar-refractivity contribution in [3.05, 3.63) is 35.6 Å². The summed E-state index contributed by atoms with van der Waals surface area (Å²) in [4.78, 5) is 16.2. The molecule has 1 aliphatic heterocycles. The van der Waals surface area contributed by atoms with Crippen LogP contribution in [0.15, 0.2) is 24.3 Å². The van der Waals surface area contributed by atoms with Gasteiger partial charge in [0.1, 0.15) is 5.82 Å². The number of amides is 1. The molecule has 0 N–H and O–H groups in total. The van der Waals surface area contributed by atoms with Gasteiger partial charge in [-0.2, -0.15) is 0 Å². The fraction of sp³-hybridized carbons (Fsp3) is 0.562. The van der Waals surface area contributed by atoms with E-state index in [1.54, 1.807) is 12.1 Å².